The van der Waals surface area contributed by atoms with Crippen molar-refractivity contribution in [2.24, 2.45) is 5.92 Å². The highest BCUT2D eigenvalue weighted by Gasteiger charge is 2.47. The van der Waals surface area contributed by atoms with E-state index in [1.54, 1.807) is 9.58 Å². The SMILES string of the molecule is CC(C)[C@@H](NC(=O)[C@@H]1Cc2c([nH]c3ccccc23)CN1C(=O)[C@@H]1Cc2c([nH]c3ccccc23)CN1)C(=O)NCc1cn(C2CC(C)(C)N([O])C(C)(C)C2)nn1. The largest absolute Gasteiger partial charge is 0.357 e. The molecular formula is C41H51N10O4. The second-order valence-electron chi connectivity index (χ2n) is 17.2. The number of nitrogens with one attached hydrogen (secondary N) is 5. The lowest BCUT2D eigenvalue weighted by molar-refractivity contribution is -0.293. The molecule has 55 heavy (non-hydrogen) atoms. The van der Waals surface area contributed by atoms with Crippen LogP contribution in [0.5, 0.6) is 0 Å². The number of amides is 3. The molecule has 14 nitrogen and oxygen atoms in total. The van der Waals surface area contributed by atoms with Gasteiger partial charge in [0, 0.05) is 57.2 Å². The molecule has 6 heterocycles. The quantitative estimate of drug-likeness (QED) is 0.158. The van der Waals surface area contributed by atoms with Gasteiger partial charge in [-0.05, 0) is 76.1 Å². The van der Waals surface area contributed by atoms with Gasteiger partial charge in [0.25, 0.3) is 0 Å². The summed E-state index contributed by atoms with van der Waals surface area (Å²) in [5.41, 5.74) is 5.58. The van der Waals surface area contributed by atoms with Gasteiger partial charge in [0.2, 0.25) is 17.7 Å². The number of aromatic amines is 2. The summed E-state index contributed by atoms with van der Waals surface area (Å²) in [5.74, 6) is -1.11. The van der Waals surface area contributed by atoms with E-state index in [9.17, 15) is 19.6 Å². The fourth-order valence-electron chi connectivity index (χ4n) is 9.23. The van der Waals surface area contributed by atoms with Crippen LogP contribution in [0.4, 0.5) is 0 Å². The van der Waals surface area contributed by atoms with Crippen LogP contribution in [-0.2, 0) is 52.1 Å². The van der Waals surface area contributed by atoms with E-state index in [4.69, 9.17) is 0 Å². The van der Waals surface area contributed by atoms with Crippen molar-refractivity contribution >= 4 is 39.5 Å². The third-order valence-electron chi connectivity index (χ3n) is 11.9. The standard InChI is InChI=1S/C41H51N10O4/c1-23(2)36(38(53)43-19-24-21-50(48-47-24)25-17-40(3,4)51(55)41(5,6)18-25)46-37(52)35-16-29-27-12-8-10-14-31(27)45-34(29)22-49(35)39(54)32-15-28-26-11-7-9-13-30(26)44-33(28)20-42-32/h7-14,21,23,25,32,35-36,42,44-45H,15-20,22H2,1-6H3,(H,43,53)(H,46,52)/t32-,35-,36+/m0/s1. The summed E-state index contributed by atoms with van der Waals surface area (Å²) in [6.07, 6.45) is 3.88. The van der Waals surface area contributed by atoms with Crippen LogP contribution in [0.15, 0.2) is 54.7 Å². The number of carbonyl (C=O) groups is 3. The Bertz CT molecular complexity index is 2250. The number of benzene rings is 2. The topological polar surface area (TPSA) is 176 Å². The van der Waals surface area contributed by atoms with Crippen molar-refractivity contribution < 1.29 is 19.6 Å². The lowest BCUT2D eigenvalue weighted by atomic mass is 9.79. The molecule has 3 aromatic heterocycles. The van der Waals surface area contributed by atoms with Crippen LogP contribution in [0.25, 0.3) is 21.8 Å². The molecule has 289 valence electrons. The molecule has 1 radical (unpaired) electrons. The Kier molecular flexibility index (Phi) is 9.33. The van der Waals surface area contributed by atoms with Gasteiger partial charge < -0.3 is 25.5 Å². The van der Waals surface area contributed by atoms with Crippen LogP contribution in [-0.4, -0.2) is 81.8 Å². The van der Waals surface area contributed by atoms with Crippen LogP contribution in [0, 0.1) is 5.92 Å². The number of para-hydroxylation sites is 2. The third-order valence-corrected chi connectivity index (χ3v) is 11.9. The first-order valence-corrected chi connectivity index (χ1v) is 19.4. The number of hydroxylamine groups is 2. The average Bonchev–Trinajstić information content (AvgIpc) is 3.89. The van der Waals surface area contributed by atoms with Gasteiger partial charge in [-0.3, -0.25) is 19.7 Å². The number of aromatic nitrogens is 5. The Labute approximate surface area is 320 Å². The van der Waals surface area contributed by atoms with E-state index in [2.05, 4.69) is 42.3 Å². The number of carbonyl (C=O) groups excluding carboxylic acids is 3. The Morgan fingerprint density at radius 1 is 0.891 bits per heavy atom. The van der Waals surface area contributed by atoms with Gasteiger partial charge in [0.15, 0.2) is 0 Å². The van der Waals surface area contributed by atoms with Crippen LogP contribution in [0.2, 0.25) is 0 Å². The molecule has 14 heteroatoms. The lowest BCUT2D eigenvalue weighted by Crippen LogP contribution is -2.60. The Hall–Kier alpha value is -5.05. The van der Waals surface area contributed by atoms with Gasteiger partial charge in [-0.15, -0.1) is 15.4 Å². The maximum Gasteiger partial charge on any atom is 0.243 e. The third kappa shape index (κ3) is 6.80. The Balaban J connectivity index is 0.989. The Morgan fingerprint density at radius 3 is 2.16 bits per heavy atom. The highest BCUT2D eigenvalue weighted by molar-refractivity contribution is 5.96. The predicted octanol–water partition coefficient (Wildman–Crippen LogP) is 4.21. The molecular weight excluding hydrogens is 697 g/mol. The minimum Gasteiger partial charge on any atom is -0.357 e. The summed E-state index contributed by atoms with van der Waals surface area (Å²) in [6, 6.07) is 13.9. The second kappa shape index (κ2) is 13.9. The number of hydrogen-bond donors (Lipinski definition) is 5. The minimum atomic E-state index is -0.853. The molecule has 0 spiro atoms. The van der Waals surface area contributed by atoms with Crippen molar-refractivity contribution in [2.45, 2.75) is 122 Å². The summed E-state index contributed by atoms with van der Waals surface area (Å²) in [6.45, 7) is 12.4. The molecule has 0 aliphatic carbocycles. The van der Waals surface area contributed by atoms with Gasteiger partial charge in [0.1, 0.15) is 17.8 Å². The molecule has 1 saturated heterocycles. The fourth-order valence-corrected chi connectivity index (χ4v) is 9.23. The van der Waals surface area contributed by atoms with E-state index in [1.807, 2.05) is 90.2 Å². The molecule has 0 bridgehead atoms. The van der Waals surface area contributed by atoms with Crippen LogP contribution in [0.1, 0.15) is 88.6 Å². The minimum absolute atomic E-state index is 0.0121. The zero-order chi connectivity index (χ0) is 38.8. The smallest absolute Gasteiger partial charge is 0.243 e. The number of nitrogens with zero attached hydrogens (tertiary/aromatic N) is 5. The Morgan fingerprint density at radius 2 is 1.51 bits per heavy atom. The molecule has 3 amide bonds. The predicted molar refractivity (Wildman–Crippen MR) is 207 cm³/mol. The molecule has 3 aliphatic heterocycles. The molecule has 3 atom stereocenters. The van der Waals surface area contributed by atoms with Gasteiger partial charge in [-0.2, -0.15) is 0 Å². The number of H-pyrrole nitrogens is 2. The normalized spacial score (nSPS) is 21.7. The fraction of sp³-hybridized carbons (Fsp3) is 0.488. The first-order valence-electron chi connectivity index (χ1n) is 19.4. The summed E-state index contributed by atoms with van der Waals surface area (Å²) < 4.78 is 1.80. The summed E-state index contributed by atoms with van der Waals surface area (Å²) in [4.78, 5) is 51.4. The van der Waals surface area contributed by atoms with Crippen molar-refractivity contribution in [3.8, 4) is 0 Å². The van der Waals surface area contributed by atoms with E-state index >= 15 is 0 Å². The monoisotopic (exact) mass is 747 g/mol. The highest BCUT2D eigenvalue weighted by Crippen LogP contribution is 2.42. The van der Waals surface area contributed by atoms with E-state index in [1.165, 1.54) is 5.06 Å². The van der Waals surface area contributed by atoms with Crippen LogP contribution < -0.4 is 16.0 Å². The summed E-state index contributed by atoms with van der Waals surface area (Å²) in [5, 5.41) is 34.3. The van der Waals surface area contributed by atoms with Crippen LogP contribution >= 0.6 is 0 Å². The van der Waals surface area contributed by atoms with Gasteiger partial charge in [0.05, 0.1) is 31.4 Å². The first kappa shape index (κ1) is 36.9. The second-order valence-corrected chi connectivity index (χ2v) is 17.2. The maximum absolute atomic E-state index is 14.5. The van der Waals surface area contributed by atoms with E-state index in [0.29, 0.717) is 37.9 Å². The number of hydrogen-bond acceptors (Lipinski definition) is 7. The van der Waals surface area contributed by atoms with E-state index < -0.39 is 29.2 Å². The number of rotatable bonds is 8. The number of fused-ring (bicyclic) bond motifs is 6. The van der Waals surface area contributed by atoms with Crippen molar-refractivity contribution in [3.63, 3.8) is 0 Å². The first-order chi connectivity index (χ1) is 26.2. The van der Waals surface area contributed by atoms with Crippen molar-refractivity contribution in [1.29, 1.82) is 0 Å². The number of piperidine rings is 1. The van der Waals surface area contributed by atoms with Crippen molar-refractivity contribution in [1.82, 2.24) is 50.9 Å². The molecule has 3 aliphatic rings. The zero-order valence-corrected chi connectivity index (χ0v) is 32.4. The molecule has 5 N–H and O–H groups in total. The maximum atomic E-state index is 14.5. The molecule has 0 unspecified atom stereocenters. The molecule has 0 saturated carbocycles. The average molecular weight is 748 g/mol. The van der Waals surface area contributed by atoms with Crippen molar-refractivity contribution in [2.75, 3.05) is 0 Å². The summed E-state index contributed by atoms with van der Waals surface area (Å²) >= 11 is 0. The summed E-state index contributed by atoms with van der Waals surface area (Å²) in [7, 11) is 0. The van der Waals surface area contributed by atoms with Gasteiger partial charge in [-0.1, -0.05) is 55.5 Å². The molecule has 1 fully saturated rings. The van der Waals surface area contributed by atoms with E-state index in [-0.39, 0.29) is 42.8 Å². The molecule has 8 rings (SSSR count). The van der Waals surface area contributed by atoms with Gasteiger partial charge >= 0.3 is 0 Å². The van der Waals surface area contributed by atoms with Gasteiger partial charge in [-0.25, -0.2) is 4.68 Å². The van der Waals surface area contributed by atoms with Crippen molar-refractivity contribution in [3.05, 3.63) is 82.9 Å². The van der Waals surface area contributed by atoms with Crippen LogP contribution in [0.3, 0.4) is 0 Å². The molecule has 5 aromatic rings. The van der Waals surface area contributed by atoms with E-state index in [0.717, 1.165) is 44.3 Å². The highest BCUT2D eigenvalue weighted by atomic mass is 16.5. The lowest BCUT2D eigenvalue weighted by Gasteiger charge is -2.49. The zero-order valence-electron chi connectivity index (χ0n) is 32.4. The molecule has 2 aromatic carbocycles.